The van der Waals surface area contributed by atoms with Crippen molar-refractivity contribution in [3.8, 4) is 11.4 Å². The van der Waals surface area contributed by atoms with Crippen LogP contribution in [0.3, 0.4) is 0 Å². The normalized spacial score (nSPS) is 18.3. The molecule has 1 fully saturated rings. The van der Waals surface area contributed by atoms with Crippen LogP contribution in [0.15, 0.2) is 42.6 Å². The van der Waals surface area contributed by atoms with Gasteiger partial charge in [0.1, 0.15) is 0 Å². The van der Waals surface area contributed by atoms with Crippen molar-refractivity contribution < 1.29 is 4.79 Å². The summed E-state index contributed by atoms with van der Waals surface area (Å²) in [5.41, 5.74) is 2.51. The second-order valence-corrected chi connectivity index (χ2v) is 5.59. The van der Waals surface area contributed by atoms with E-state index in [0.717, 1.165) is 36.5 Å². The van der Waals surface area contributed by atoms with E-state index in [9.17, 15) is 4.79 Å². The number of nitrogens with zero attached hydrogens (tertiary/aromatic N) is 3. The van der Waals surface area contributed by atoms with Gasteiger partial charge in [-0.25, -0.2) is 4.98 Å². The molecule has 0 radical (unpaired) electrons. The maximum Gasteiger partial charge on any atom is 0.237 e. The highest BCUT2D eigenvalue weighted by atomic mass is 16.2. The number of hydrogen-bond donors (Lipinski definition) is 1. The molecule has 22 heavy (non-hydrogen) atoms. The summed E-state index contributed by atoms with van der Waals surface area (Å²) in [6.07, 6.45) is 3.77. The first-order valence-electron chi connectivity index (χ1n) is 7.59. The third-order valence-corrected chi connectivity index (χ3v) is 4.00. The molecule has 0 bridgehead atoms. The monoisotopic (exact) mass is 296 g/mol. The molecule has 0 unspecified atom stereocenters. The van der Waals surface area contributed by atoms with Gasteiger partial charge in [-0.05, 0) is 50.7 Å². The second kappa shape index (κ2) is 6.66. The van der Waals surface area contributed by atoms with Gasteiger partial charge in [0.2, 0.25) is 5.91 Å². The highest BCUT2D eigenvalue weighted by molar-refractivity contribution is 5.81. The van der Waals surface area contributed by atoms with Crippen LogP contribution < -0.4 is 5.32 Å². The van der Waals surface area contributed by atoms with E-state index in [4.69, 9.17) is 0 Å². The summed E-state index contributed by atoms with van der Waals surface area (Å²) >= 11 is 0. The largest absolute Gasteiger partial charge is 0.349 e. The molecule has 1 aliphatic rings. The molecule has 1 amide bonds. The molecule has 3 heterocycles. The minimum atomic E-state index is -0.000951. The first kappa shape index (κ1) is 14.7. The number of nitrogens with one attached hydrogen (secondary N) is 1. The van der Waals surface area contributed by atoms with Crippen LogP contribution in [0.4, 0.5) is 0 Å². The zero-order chi connectivity index (χ0) is 15.4. The van der Waals surface area contributed by atoms with E-state index in [-0.39, 0.29) is 11.9 Å². The molecular weight excluding hydrogens is 276 g/mol. The summed E-state index contributed by atoms with van der Waals surface area (Å²) < 4.78 is 0. The maximum atomic E-state index is 12.2. The van der Waals surface area contributed by atoms with Crippen molar-refractivity contribution in [3.63, 3.8) is 0 Å². The highest BCUT2D eigenvalue weighted by Gasteiger charge is 2.27. The molecular formula is C17H20N4O. The topological polar surface area (TPSA) is 58.1 Å². The summed E-state index contributed by atoms with van der Waals surface area (Å²) in [5.74, 6) is 0.0880. The number of rotatable bonds is 4. The first-order chi connectivity index (χ1) is 10.7. The Bertz CT molecular complexity index is 644. The van der Waals surface area contributed by atoms with Gasteiger partial charge in [-0.15, -0.1) is 0 Å². The van der Waals surface area contributed by atoms with Crippen LogP contribution in [0.2, 0.25) is 0 Å². The molecule has 2 aromatic rings. The van der Waals surface area contributed by atoms with E-state index >= 15 is 0 Å². The molecule has 0 aliphatic carbocycles. The maximum absolute atomic E-state index is 12.2. The second-order valence-electron chi connectivity index (χ2n) is 5.59. The minimum Gasteiger partial charge on any atom is -0.349 e. The SMILES string of the molecule is CN1CCC[C@H]1C(=O)NCc1cccc(-c2ccccn2)n1. The van der Waals surface area contributed by atoms with Gasteiger partial charge in [0.25, 0.3) is 0 Å². The number of likely N-dealkylation sites (tertiary alicyclic amines) is 1. The van der Waals surface area contributed by atoms with Crippen molar-refractivity contribution >= 4 is 5.91 Å². The van der Waals surface area contributed by atoms with E-state index in [2.05, 4.69) is 20.2 Å². The van der Waals surface area contributed by atoms with E-state index in [1.807, 2.05) is 43.4 Å². The fourth-order valence-corrected chi connectivity index (χ4v) is 2.77. The zero-order valence-electron chi connectivity index (χ0n) is 12.7. The van der Waals surface area contributed by atoms with E-state index in [1.54, 1.807) is 6.20 Å². The molecule has 1 N–H and O–H groups in total. The third kappa shape index (κ3) is 3.31. The number of aromatic nitrogens is 2. The molecule has 5 heteroatoms. The molecule has 0 saturated carbocycles. The fraction of sp³-hybridized carbons (Fsp3) is 0.353. The van der Waals surface area contributed by atoms with Crippen LogP contribution in [0.25, 0.3) is 11.4 Å². The van der Waals surface area contributed by atoms with Crippen molar-refractivity contribution in [2.24, 2.45) is 0 Å². The van der Waals surface area contributed by atoms with Crippen molar-refractivity contribution in [2.75, 3.05) is 13.6 Å². The molecule has 1 saturated heterocycles. The summed E-state index contributed by atoms with van der Waals surface area (Å²) in [6.45, 7) is 1.44. The Hall–Kier alpha value is -2.27. The standard InChI is InChI=1S/C17H20N4O/c1-21-11-5-9-16(21)17(22)19-12-13-6-4-8-15(20-13)14-7-2-3-10-18-14/h2-4,6-8,10,16H,5,9,11-12H2,1H3,(H,19,22)/t16-/m0/s1. The van der Waals surface area contributed by atoms with Gasteiger partial charge < -0.3 is 5.32 Å². The van der Waals surface area contributed by atoms with Crippen LogP contribution in [0.5, 0.6) is 0 Å². The number of carbonyl (C=O) groups excluding carboxylic acids is 1. The summed E-state index contributed by atoms with van der Waals surface area (Å²) in [5, 5.41) is 2.99. The molecule has 5 nitrogen and oxygen atoms in total. The minimum absolute atomic E-state index is 0.000951. The predicted octanol–water partition coefficient (Wildman–Crippen LogP) is 1.85. The molecule has 0 aromatic carbocycles. The Morgan fingerprint density at radius 2 is 2.14 bits per heavy atom. The van der Waals surface area contributed by atoms with Gasteiger partial charge in [0, 0.05) is 6.20 Å². The zero-order valence-corrected chi connectivity index (χ0v) is 12.7. The van der Waals surface area contributed by atoms with E-state index < -0.39 is 0 Å². The molecule has 1 aliphatic heterocycles. The molecule has 0 spiro atoms. The fourth-order valence-electron chi connectivity index (χ4n) is 2.77. The lowest BCUT2D eigenvalue weighted by molar-refractivity contribution is -0.125. The average Bonchev–Trinajstić information content (AvgIpc) is 3.00. The van der Waals surface area contributed by atoms with Gasteiger partial charge in [-0.1, -0.05) is 12.1 Å². The van der Waals surface area contributed by atoms with Gasteiger partial charge in [0.05, 0.1) is 29.7 Å². The Morgan fingerprint density at radius 1 is 1.27 bits per heavy atom. The number of hydrogen-bond acceptors (Lipinski definition) is 4. The lowest BCUT2D eigenvalue weighted by Crippen LogP contribution is -2.41. The Morgan fingerprint density at radius 3 is 2.86 bits per heavy atom. The van der Waals surface area contributed by atoms with Crippen LogP contribution in [0, 0.1) is 0 Å². The van der Waals surface area contributed by atoms with Crippen LogP contribution in [0.1, 0.15) is 18.5 Å². The number of amides is 1. The molecule has 2 aromatic heterocycles. The van der Waals surface area contributed by atoms with Crippen molar-refractivity contribution in [3.05, 3.63) is 48.3 Å². The van der Waals surface area contributed by atoms with Crippen LogP contribution in [-0.2, 0) is 11.3 Å². The van der Waals surface area contributed by atoms with E-state index in [0.29, 0.717) is 6.54 Å². The van der Waals surface area contributed by atoms with Crippen molar-refractivity contribution in [1.82, 2.24) is 20.2 Å². The molecule has 3 rings (SSSR count). The Kier molecular flexibility index (Phi) is 4.44. The van der Waals surface area contributed by atoms with Gasteiger partial charge in [0.15, 0.2) is 0 Å². The van der Waals surface area contributed by atoms with Crippen LogP contribution in [-0.4, -0.2) is 40.4 Å². The first-order valence-corrected chi connectivity index (χ1v) is 7.59. The summed E-state index contributed by atoms with van der Waals surface area (Å²) in [6, 6.07) is 11.5. The Labute approximate surface area is 130 Å². The van der Waals surface area contributed by atoms with Crippen molar-refractivity contribution in [1.29, 1.82) is 0 Å². The lowest BCUT2D eigenvalue weighted by Gasteiger charge is -2.18. The van der Waals surface area contributed by atoms with Crippen molar-refractivity contribution in [2.45, 2.75) is 25.4 Å². The smallest absolute Gasteiger partial charge is 0.237 e. The number of likely N-dealkylation sites (N-methyl/N-ethyl adjacent to an activating group) is 1. The van der Waals surface area contributed by atoms with Crippen LogP contribution >= 0.6 is 0 Å². The van der Waals surface area contributed by atoms with E-state index in [1.165, 1.54) is 0 Å². The number of pyridine rings is 2. The van der Waals surface area contributed by atoms with Gasteiger partial charge in [-0.3, -0.25) is 14.7 Å². The molecule has 1 atom stereocenters. The average molecular weight is 296 g/mol. The van der Waals surface area contributed by atoms with Gasteiger partial charge >= 0.3 is 0 Å². The quantitative estimate of drug-likeness (QED) is 0.935. The highest BCUT2D eigenvalue weighted by Crippen LogP contribution is 2.16. The third-order valence-electron chi connectivity index (χ3n) is 4.00. The Balaban J connectivity index is 1.65. The summed E-state index contributed by atoms with van der Waals surface area (Å²) in [7, 11) is 2.00. The predicted molar refractivity (Wildman–Crippen MR) is 85.0 cm³/mol. The number of carbonyl (C=O) groups is 1. The summed E-state index contributed by atoms with van der Waals surface area (Å²) in [4.78, 5) is 23.2. The lowest BCUT2D eigenvalue weighted by atomic mass is 10.2. The molecule has 114 valence electrons. The van der Waals surface area contributed by atoms with Gasteiger partial charge in [-0.2, -0.15) is 0 Å².